The molecule has 2 N–H and O–H groups in total. The van der Waals surface area contributed by atoms with E-state index in [1.807, 2.05) is 6.07 Å². The molecule has 6 bridgehead atoms. The van der Waals surface area contributed by atoms with Crippen LogP contribution >= 0.6 is 11.6 Å². The van der Waals surface area contributed by atoms with Crippen LogP contribution in [0.25, 0.3) is 33.1 Å². The van der Waals surface area contributed by atoms with Crippen molar-refractivity contribution in [2.75, 3.05) is 50.9 Å². The van der Waals surface area contributed by atoms with Crippen LogP contribution in [0, 0.1) is 11.7 Å². The second-order valence-corrected chi connectivity index (χ2v) is 13.8. The number of fused-ring (bicyclic) bond motifs is 8. The maximum Gasteiger partial charge on any atom is 0.319 e. The van der Waals surface area contributed by atoms with E-state index in [-0.39, 0.29) is 29.7 Å². The van der Waals surface area contributed by atoms with Gasteiger partial charge in [-0.2, -0.15) is 15.1 Å². The zero-order chi connectivity index (χ0) is 31.4. The molecule has 10 nitrogen and oxygen atoms in total. The SMILES string of the molecule is O[C@@H]1CCCCc2c(Cl)cc3[nH]ncc3c2-c2ncc3c(nc(OC[C@@]45CCCN4C[C@H](F)C5)nc3c2F)N2CCOC[C@H](C1)C2. The quantitative estimate of drug-likeness (QED) is 0.306. The summed E-state index contributed by atoms with van der Waals surface area (Å²) in [6, 6.07) is 1.86. The number of nitrogens with zero attached hydrogens (tertiary/aromatic N) is 6. The molecule has 46 heavy (non-hydrogen) atoms. The third-order valence-electron chi connectivity index (χ3n) is 10.4. The van der Waals surface area contributed by atoms with Crippen molar-refractivity contribution >= 4 is 39.2 Å². The molecule has 4 aromatic rings. The lowest BCUT2D eigenvalue weighted by Gasteiger charge is -2.31. The molecule has 0 saturated carbocycles. The predicted molar refractivity (Wildman–Crippen MR) is 171 cm³/mol. The number of hydrogen-bond donors (Lipinski definition) is 2. The second kappa shape index (κ2) is 12.1. The molecule has 5 aliphatic rings. The normalized spacial score (nSPS) is 27.4. The molecule has 3 aromatic heterocycles. The Bertz CT molecular complexity index is 1770. The average molecular weight is 654 g/mol. The Balaban J connectivity index is 1.29. The van der Waals surface area contributed by atoms with Crippen LogP contribution in [0.2, 0.25) is 5.02 Å². The van der Waals surface area contributed by atoms with E-state index in [4.69, 9.17) is 31.0 Å². The van der Waals surface area contributed by atoms with Crippen LogP contribution in [0.15, 0.2) is 18.5 Å². The molecule has 0 amide bonds. The highest BCUT2D eigenvalue weighted by Gasteiger charge is 2.49. The number of hydrogen-bond acceptors (Lipinski definition) is 9. The molecule has 5 aliphatic heterocycles. The standard InChI is InChI=1S/C33H38ClF2N7O3/c34-25-11-26-23(14-38-41-26)27-22(25)5-2-1-4-21(44)10-19-15-42(8-9-45-17-19)31-24-13-37-30(27)28(36)29(24)39-32(40-31)46-18-33-6-3-7-43(33)16-20(35)12-33/h11,13-14,19-21,44H,1-10,12,15-18H2,(H,38,41)/t19-,20-,21-,33+/m1/s1. The highest BCUT2D eigenvalue weighted by Crippen LogP contribution is 2.42. The third kappa shape index (κ3) is 5.36. The lowest BCUT2D eigenvalue weighted by molar-refractivity contribution is 0.0817. The van der Waals surface area contributed by atoms with E-state index in [1.54, 1.807) is 12.4 Å². The maximum absolute atomic E-state index is 17.0. The summed E-state index contributed by atoms with van der Waals surface area (Å²) in [5.74, 6) is -0.0368. The summed E-state index contributed by atoms with van der Waals surface area (Å²) in [6.45, 7) is 3.54. The number of H-pyrrole nitrogens is 1. The summed E-state index contributed by atoms with van der Waals surface area (Å²) >= 11 is 6.83. The Labute approximate surface area is 270 Å². The molecule has 0 unspecified atom stereocenters. The first-order valence-corrected chi connectivity index (χ1v) is 16.8. The number of anilines is 1. The van der Waals surface area contributed by atoms with E-state index in [2.05, 4.69) is 25.0 Å². The smallest absolute Gasteiger partial charge is 0.319 e. The first-order chi connectivity index (χ1) is 22.4. The molecule has 244 valence electrons. The van der Waals surface area contributed by atoms with E-state index in [9.17, 15) is 9.50 Å². The number of aromatic nitrogens is 5. The number of alkyl halides is 1. The lowest BCUT2D eigenvalue weighted by Crippen LogP contribution is -2.43. The summed E-state index contributed by atoms with van der Waals surface area (Å²) in [6.07, 6.45) is 7.50. The van der Waals surface area contributed by atoms with Gasteiger partial charge in [-0.05, 0) is 56.7 Å². The Morgan fingerprint density at radius 3 is 2.98 bits per heavy atom. The number of rotatable bonds is 3. The van der Waals surface area contributed by atoms with Crippen LogP contribution < -0.4 is 9.64 Å². The lowest BCUT2D eigenvalue weighted by atomic mass is 9.93. The molecular weight excluding hydrogens is 616 g/mol. The largest absolute Gasteiger partial charge is 0.461 e. The van der Waals surface area contributed by atoms with Crippen molar-refractivity contribution in [1.82, 2.24) is 30.0 Å². The molecule has 0 radical (unpaired) electrons. The monoisotopic (exact) mass is 653 g/mol. The Morgan fingerprint density at radius 2 is 2.07 bits per heavy atom. The second-order valence-electron chi connectivity index (χ2n) is 13.4. The number of aliphatic hydroxyl groups excluding tert-OH is 1. The van der Waals surface area contributed by atoms with Gasteiger partial charge in [0.2, 0.25) is 0 Å². The van der Waals surface area contributed by atoms with E-state index in [1.165, 1.54) is 0 Å². The highest BCUT2D eigenvalue weighted by molar-refractivity contribution is 6.33. The first kappa shape index (κ1) is 30.2. The van der Waals surface area contributed by atoms with Crippen molar-refractivity contribution in [3.8, 4) is 17.3 Å². The fourth-order valence-electron chi connectivity index (χ4n) is 8.17. The van der Waals surface area contributed by atoms with E-state index < -0.39 is 23.6 Å². The van der Waals surface area contributed by atoms with E-state index >= 15 is 4.39 Å². The van der Waals surface area contributed by atoms with Gasteiger partial charge in [0.1, 0.15) is 29.8 Å². The zero-order valence-electron chi connectivity index (χ0n) is 25.7. The van der Waals surface area contributed by atoms with Gasteiger partial charge in [-0.15, -0.1) is 0 Å². The molecule has 0 aliphatic carbocycles. The minimum Gasteiger partial charge on any atom is -0.461 e. The summed E-state index contributed by atoms with van der Waals surface area (Å²) in [4.78, 5) is 18.5. The zero-order valence-corrected chi connectivity index (χ0v) is 26.4. The van der Waals surface area contributed by atoms with Crippen molar-refractivity contribution in [2.45, 2.75) is 69.2 Å². The van der Waals surface area contributed by atoms with Gasteiger partial charge in [0.05, 0.1) is 42.0 Å². The molecule has 3 saturated heterocycles. The average Bonchev–Trinajstić information content (AvgIpc) is 3.68. The minimum absolute atomic E-state index is 0.0460. The van der Waals surface area contributed by atoms with Crippen LogP contribution in [0.1, 0.15) is 50.5 Å². The van der Waals surface area contributed by atoms with Crippen molar-refractivity contribution in [2.24, 2.45) is 5.92 Å². The molecule has 0 spiro atoms. The topological polar surface area (TPSA) is 113 Å². The molecule has 3 fully saturated rings. The minimum atomic E-state index is -0.897. The van der Waals surface area contributed by atoms with Crippen LogP contribution in [-0.2, 0) is 11.2 Å². The Hall–Kier alpha value is -3.19. The van der Waals surface area contributed by atoms with Gasteiger partial charge >= 0.3 is 6.01 Å². The number of aliphatic hydroxyl groups is 1. The summed E-state index contributed by atoms with van der Waals surface area (Å²) in [5.41, 5.74) is 1.86. The summed E-state index contributed by atoms with van der Waals surface area (Å²) < 4.78 is 43.8. The number of nitrogens with one attached hydrogen (secondary N) is 1. The van der Waals surface area contributed by atoms with Crippen molar-refractivity contribution in [1.29, 1.82) is 0 Å². The number of benzene rings is 1. The number of pyridine rings is 1. The van der Waals surface area contributed by atoms with Gasteiger partial charge in [0.15, 0.2) is 5.82 Å². The molecular formula is C33H38ClF2N7O3. The number of aromatic amines is 1. The van der Waals surface area contributed by atoms with Crippen LogP contribution in [0.4, 0.5) is 14.6 Å². The third-order valence-corrected chi connectivity index (χ3v) is 10.7. The van der Waals surface area contributed by atoms with Crippen LogP contribution in [0.3, 0.4) is 0 Å². The Kier molecular flexibility index (Phi) is 7.94. The van der Waals surface area contributed by atoms with Crippen LogP contribution in [0.5, 0.6) is 6.01 Å². The highest BCUT2D eigenvalue weighted by atomic mass is 35.5. The van der Waals surface area contributed by atoms with Gasteiger partial charge in [-0.3, -0.25) is 15.0 Å². The van der Waals surface area contributed by atoms with Gasteiger partial charge in [-0.25, -0.2) is 8.78 Å². The van der Waals surface area contributed by atoms with Crippen molar-refractivity contribution in [3.63, 3.8) is 0 Å². The number of ether oxygens (including phenoxy) is 2. The molecule has 9 rings (SSSR count). The van der Waals surface area contributed by atoms with E-state index in [0.717, 1.165) is 37.8 Å². The summed E-state index contributed by atoms with van der Waals surface area (Å²) in [7, 11) is 0. The number of halogens is 3. The van der Waals surface area contributed by atoms with Crippen molar-refractivity contribution < 1.29 is 23.4 Å². The Morgan fingerprint density at radius 1 is 1.15 bits per heavy atom. The molecule has 1 aromatic carbocycles. The van der Waals surface area contributed by atoms with Gasteiger partial charge in [0.25, 0.3) is 0 Å². The molecule has 4 atom stereocenters. The summed E-state index contributed by atoms with van der Waals surface area (Å²) in [5, 5.41) is 19.9. The van der Waals surface area contributed by atoms with Crippen molar-refractivity contribution in [3.05, 3.63) is 34.9 Å². The first-order valence-electron chi connectivity index (χ1n) is 16.4. The fraction of sp³-hybridized carbons (Fsp3) is 0.576. The predicted octanol–water partition coefficient (Wildman–Crippen LogP) is 5.25. The van der Waals surface area contributed by atoms with Gasteiger partial charge in [-0.1, -0.05) is 18.0 Å². The fourth-order valence-corrected chi connectivity index (χ4v) is 8.46. The van der Waals surface area contributed by atoms with Crippen LogP contribution in [-0.4, -0.2) is 99.0 Å². The van der Waals surface area contributed by atoms with Gasteiger partial charge < -0.3 is 19.5 Å². The van der Waals surface area contributed by atoms with Gasteiger partial charge in [0, 0.05) is 54.1 Å². The van der Waals surface area contributed by atoms with E-state index in [0.29, 0.717) is 91.2 Å². The maximum atomic E-state index is 17.0. The molecule has 8 heterocycles. The molecule has 13 heteroatoms.